The topological polar surface area (TPSA) is 15.8 Å². The first-order chi connectivity index (χ1) is 6.68. The van der Waals surface area contributed by atoms with E-state index in [0.717, 1.165) is 0 Å². The predicted molar refractivity (Wildman–Crippen MR) is 60.4 cm³/mol. The van der Waals surface area contributed by atoms with E-state index in [0.29, 0.717) is 0 Å². The lowest BCUT2D eigenvalue weighted by atomic mass is 10.0. The van der Waals surface area contributed by atoms with Gasteiger partial charge in [0.15, 0.2) is 0 Å². The third-order valence-corrected chi connectivity index (χ3v) is 2.58. The van der Waals surface area contributed by atoms with Gasteiger partial charge in [0.2, 0.25) is 0 Å². The average Bonchev–Trinajstić information content (AvgIpc) is 2.51. The van der Waals surface area contributed by atoms with Gasteiger partial charge in [0.05, 0.1) is 0 Å². The van der Waals surface area contributed by atoms with Crippen LogP contribution in [0.15, 0.2) is 30.5 Å². The first-order valence-corrected chi connectivity index (χ1v) is 4.90. The van der Waals surface area contributed by atoms with Gasteiger partial charge in [0, 0.05) is 17.5 Å². The van der Waals surface area contributed by atoms with Crippen molar-refractivity contribution in [2.24, 2.45) is 0 Å². The van der Waals surface area contributed by atoms with Crippen LogP contribution in [-0.4, -0.2) is 4.98 Å². The Morgan fingerprint density at radius 2 is 1.64 bits per heavy atom. The lowest BCUT2D eigenvalue weighted by Crippen LogP contribution is -1.86. The van der Waals surface area contributed by atoms with Crippen LogP contribution in [0.1, 0.15) is 16.7 Å². The Kier molecular flexibility index (Phi) is 2.16. The van der Waals surface area contributed by atoms with E-state index in [4.69, 9.17) is 0 Å². The van der Waals surface area contributed by atoms with Crippen LogP contribution in [-0.2, 0) is 0 Å². The van der Waals surface area contributed by atoms with Crippen LogP contribution < -0.4 is 0 Å². The van der Waals surface area contributed by atoms with Gasteiger partial charge < -0.3 is 4.98 Å². The Bertz CT molecular complexity index is 432. The van der Waals surface area contributed by atoms with Gasteiger partial charge in [0.1, 0.15) is 0 Å². The molecule has 0 unspecified atom stereocenters. The van der Waals surface area contributed by atoms with Crippen molar-refractivity contribution in [3.8, 4) is 11.3 Å². The zero-order valence-electron chi connectivity index (χ0n) is 8.89. The van der Waals surface area contributed by atoms with Crippen LogP contribution in [0, 0.1) is 20.8 Å². The van der Waals surface area contributed by atoms with Crippen molar-refractivity contribution in [3.05, 3.63) is 47.2 Å². The molecule has 0 bridgehead atoms. The van der Waals surface area contributed by atoms with Crippen LogP contribution >= 0.6 is 0 Å². The van der Waals surface area contributed by atoms with E-state index < -0.39 is 0 Å². The van der Waals surface area contributed by atoms with Crippen molar-refractivity contribution >= 4 is 0 Å². The number of H-pyrrole nitrogens is 1. The van der Waals surface area contributed by atoms with E-state index in [-0.39, 0.29) is 0 Å². The highest BCUT2D eigenvalue weighted by Crippen LogP contribution is 2.26. The minimum Gasteiger partial charge on any atom is -0.361 e. The summed E-state index contributed by atoms with van der Waals surface area (Å²) in [7, 11) is 0. The fraction of sp³-hybridized carbons (Fsp3) is 0.231. The summed E-state index contributed by atoms with van der Waals surface area (Å²) in [4.78, 5) is 3.30. The van der Waals surface area contributed by atoms with Crippen molar-refractivity contribution in [1.29, 1.82) is 0 Å². The van der Waals surface area contributed by atoms with Gasteiger partial charge in [-0.05, 0) is 43.5 Å². The maximum absolute atomic E-state index is 3.30. The molecule has 1 heteroatoms. The minimum atomic E-state index is 1.22. The fourth-order valence-electron chi connectivity index (χ4n) is 1.89. The highest BCUT2D eigenvalue weighted by Gasteiger charge is 2.05. The minimum absolute atomic E-state index is 1.22. The molecule has 1 aromatic carbocycles. The quantitative estimate of drug-likeness (QED) is 0.698. The molecule has 0 amide bonds. The average molecular weight is 185 g/mol. The molecule has 0 aliphatic heterocycles. The number of benzene rings is 1. The summed E-state index contributed by atoms with van der Waals surface area (Å²) in [5, 5.41) is 0. The van der Waals surface area contributed by atoms with E-state index in [1.54, 1.807) is 0 Å². The van der Waals surface area contributed by atoms with Gasteiger partial charge in [-0.3, -0.25) is 0 Å². The molecule has 1 heterocycles. The Morgan fingerprint density at radius 3 is 2.14 bits per heavy atom. The second kappa shape index (κ2) is 3.33. The molecule has 1 nitrogen and oxygen atoms in total. The molecule has 1 aromatic heterocycles. The number of aromatic amines is 1. The molecule has 1 N–H and O–H groups in total. The summed E-state index contributed by atoms with van der Waals surface area (Å²) < 4.78 is 0. The predicted octanol–water partition coefficient (Wildman–Crippen LogP) is 3.61. The molecular weight excluding hydrogens is 170 g/mol. The summed E-state index contributed by atoms with van der Waals surface area (Å²) in [6.07, 6.45) is 2.04. The summed E-state index contributed by atoms with van der Waals surface area (Å²) in [5.41, 5.74) is 6.49. The molecule has 0 spiro atoms. The van der Waals surface area contributed by atoms with Gasteiger partial charge in [-0.1, -0.05) is 18.2 Å². The van der Waals surface area contributed by atoms with E-state index >= 15 is 0 Å². The monoisotopic (exact) mass is 185 g/mol. The molecule has 0 saturated carbocycles. The van der Waals surface area contributed by atoms with Gasteiger partial charge in [0.25, 0.3) is 0 Å². The molecule has 0 aliphatic rings. The Labute approximate surface area is 84.8 Å². The number of hydrogen-bond acceptors (Lipinski definition) is 0. The summed E-state index contributed by atoms with van der Waals surface area (Å²) in [6, 6.07) is 8.59. The molecule has 0 saturated heterocycles. The SMILES string of the molecule is Cc1c[nH]c(-c2c(C)cccc2C)c1. The molecule has 72 valence electrons. The normalized spacial score (nSPS) is 10.5. The highest BCUT2D eigenvalue weighted by molar-refractivity contribution is 5.68. The third kappa shape index (κ3) is 1.46. The zero-order valence-corrected chi connectivity index (χ0v) is 8.89. The smallest absolute Gasteiger partial charge is 0.0462 e. The van der Waals surface area contributed by atoms with Crippen molar-refractivity contribution in [2.45, 2.75) is 20.8 Å². The zero-order chi connectivity index (χ0) is 10.1. The Balaban J connectivity index is 2.61. The summed E-state index contributed by atoms with van der Waals surface area (Å²) in [6.45, 7) is 6.41. The number of rotatable bonds is 1. The van der Waals surface area contributed by atoms with Gasteiger partial charge in [-0.15, -0.1) is 0 Å². The number of hydrogen-bond donors (Lipinski definition) is 1. The van der Waals surface area contributed by atoms with E-state index in [9.17, 15) is 0 Å². The molecule has 2 rings (SSSR count). The number of aromatic nitrogens is 1. The summed E-state index contributed by atoms with van der Waals surface area (Å²) in [5.74, 6) is 0. The van der Waals surface area contributed by atoms with Crippen LogP contribution in [0.4, 0.5) is 0 Å². The first-order valence-electron chi connectivity index (χ1n) is 4.90. The molecule has 2 aromatic rings. The largest absolute Gasteiger partial charge is 0.361 e. The van der Waals surface area contributed by atoms with E-state index in [1.165, 1.54) is 27.9 Å². The van der Waals surface area contributed by atoms with Crippen LogP contribution in [0.25, 0.3) is 11.3 Å². The molecule has 14 heavy (non-hydrogen) atoms. The molecule has 0 aliphatic carbocycles. The van der Waals surface area contributed by atoms with Gasteiger partial charge in [-0.2, -0.15) is 0 Å². The third-order valence-electron chi connectivity index (χ3n) is 2.58. The number of nitrogens with one attached hydrogen (secondary N) is 1. The lowest BCUT2D eigenvalue weighted by molar-refractivity contribution is 1.32. The molecule has 0 atom stereocenters. The van der Waals surface area contributed by atoms with Crippen molar-refractivity contribution in [2.75, 3.05) is 0 Å². The second-order valence-electron chi connectivity index (χ2n) is 3.86. The molecular formula is C13H15N. The van der Waals surface area contributed by atoms with Crippen LogP contribution in [0.2, 0.25) is 0 Å². The van der Waals surface area contributed by atoms with E-state index in [2.05, 4.69) is 50.0 Å². The summed E-state index contributed by atoms with van der Waals surface area (Å²) >= 11 is 0. The molecule has 0 radical (unpaired) electrons. The maximum Gasteiger partial charge on any atom is 0.0462 e. The maximum atomic E-state index is 3.30. The second-order valence-corrected chi connectivity index (χ2v) is 3.86. The van der Waals surface area contributed by atoms with Crippen LogP contribution in [0.3, 0.4) is 0 Å². The standard InChI is InChI=1S/C13H15N/c1-9-7-12(14-8-9)13-10(2)5-4-6-11(13)3/h4-8,14H,1-3H3. The fourth-order valence-corrected chi connectivity index (χ4v) is 1.89. The van der Waals surface area contributed by atoms with Crippen molar-refractivity contribution in [1.82, 2.24) is 4.98 Å². The number of aryl methyl sites for hydroxylation is 3. The van der Waals surface area contributed by atoms with Gasteiger partial charge >= 0.3 is 0 Å². The van der Waals surface area contributed by atoms with Crippen LogP contribution in [0.5, 0.6) is 0 Å². The molecule has 0 fully saturated rings. The van der Waals surface area contributed by atoms with Gasteiger partial charge in [-0.25, -0.2) is 0 Å². The Morgan fingerprint density at radius 1 is 1.00 bits per heavy atom. The van der Waals surface area contributed by atoms with Crippen molar-refractivity contribution < 1.29 is 0 Å². The highest BCUT2D eigenvalue weighted by atomic mass is 14.7. The van der Waals surface area contributed by atoms with E-state index in [1.807, 2.05) is 6.20 Å². The Hall–Kier alpha value is -1.50. The lowest BCUT2D eigenvalue weighted by Gasteiger charge is -2.06. The first kappa shape index (κ1) is 9.07. The van der Waals surface area contributed by atoms with Crippen molar-refractivity contribution in [3.63, 3.8) is 0 Å².